The van der Waals surface area contributed by atoms with Gasteiger partial charge >= 0.3 is 0 Å². The van der Waals surface area contributed by atoms with Crippen molar-refractivity contribution in [1.82, 2.24) is 10.2 Å². The molecule has 128 valence electrons. The number of sulfonamides is 1. The summed E-state index contributed by atoms with van der Waals surface area (Å²) in [5.41, 5.74) is 4.15. The smallest absolute Gasteiger partial charge is 0.268 e. The molecule has 0 aliphatic carbocycles. The van der Waals surface area contributed by atoms with Crippen molar-refractivity contribution in [2.24, 2.45) is 0 Å². The molecule has 7 heteroatoms. The van der Waals surface area contributed by atoms with E-state index in [1.54, 1.807) is 18.2 Å². The number of fused-ring (bicyclic) bond motifs is 1. The van der Waals surface area contributed by atoms with Gasteiger partial charge < -0.3 is 4.90 Å². The van der Waals surface area contributed by atoms with Crippen LogP contribution in [0.4, 0.5) is 11.4 Å². The highest BCUT2D eigenvalue weighted by atomic mass is 32.2. The molecule has 1 aromatic carbocycles. The predicted molar refractivity (Wildman–Crippen MR) is 94.2 cm³/mol. The maximum Gasteiger partial charge on any atom is 0.268 e. The number of benzene rings is 1. The molecule has 6 nitrogen and oxygen atoms in total. The van der Waals surface area contributed by atoms with Crippen LogP contribution in [0.2, 0.25) is 0 Å². The fourth-order valence-electron chi connectivity index (χ4n) is 3.79. The van der Waals surface area contributed by atoms with Crippen molar-refractivity contribution in [2.45, 2.75) is 38.0 Å². The van der Waals surface area contributed by atoms with Gasteiger partial charge in [0.25, 0.3) is 10.0 Å². The second-order valence-corrected chi connectivity index (χ2v) is 8.40. The van der Waals surface area contributed by atoms with Crippen LogP contribution in [-0.2, 0) is 16.4 Å². The number of aromatic amines is 1. The van der Waals surface area contributed by atoms with E-state index in [1.807, 2.05) is 6.07 Å². The molecule has 2 aliphatic heterocycles. The van der Waals surface area contributed by atoms with E-state index in [0.29, 0.717) is 22.8 Å². The quantitative estimate of drug-likeness (QED) is 0.926. The summed E-state index contributed by atoms with van der Waals surface area (Å²) in [6, 6.07) is 6.23. The molecule has 0 unspecified atom stereocenters. The summed E-state index contributed by atoms with van der Waals surface area (Å²) >= 11 is 0. The van der Waals surface area contributed by atoms with Gasteiger partial charge in [0.15, 0.2) is 0 Å². The Morgan fingerprint density at radius 3 is 2.54 bits per heavy atom. The van der Waals surface area contributed by atoms with Crippen LogP contribution in [0.25, 0.3) is 0 Å². The molecule has 0 atom stereocenters. The number of H-pyrrole nitrogens is 1. The van der Waals surface area contributed by atoms with E-state index in [-0.39, 0.29) is 0 Å². The second kappa shape index (κ2) is 5.51. The SMILES string of the molecule is Cc1n[nH]c(C)c1S(=O)(=O)N1CCc2ccc(N3CCCC3)cc21. The van der Waals surface area contributed by atoms with E-state index < -0.39 is 10.0 Å². The maximum absolute atomic E-state index is 13.2. The largest absolute Gasteiger partial charge is 0.371 e. The molecule has 0 saturated carbocycles. The number of anilines is 2. The van der Waals surface area contributed by atoms with Crippen LogP contribution in [0.15, 0.2) is 23.1 Å². The van der Waals surface area contributed by atoms with Crippen LogP contribution < -0.4 is 9.21 Å². The van der Waals surface area contributed by atoms with Gasteiger partial charge in [-0.15, -0.1) is 0 Å². The summed E-state index contributed by atoms with van der Waals surface area (Å²) < 4.78 is 27.9. The highest BCUT2D eigenvalue weighted by Crippen LogP contribution is 2.37. The summed E-state index contributed by atoms with van der Waals surface area (Å²) in [6.07, 6.45) is 3.16. The van der Waals surface area contributed by atoms with E-state index in [2.05, 4.69) is 27.2 Å². The third kappa shape index (κ3) is 2.30. The molecule has 3 heterocycles. The van der Waals surface area contributed by atoms with E-state index >= 15 is 0 Å². The minimum Gasteiger partial charge on any atom is -0.371 e. The predicted octanol–water partition coefficient (Wildman–Crippen LogP) is 2.38. The number of rotatable bonds is 3. The second-order valence-electron chi connectivity index (χ2n) is 6.60. The minimum atomic E-state index is -3.59. The van der Waals surface area contributed by atoms with Crippen molar-refractivity contribution in [2.75, 3.05) is 28.8 Å². The number of aromatic nitrogens is 2. The lowest BCUT2D eigenvalue weighted by Gasteiger charge is -2.23. The van der Waals surface area contributed by atoms with Crippen LogP contribution in [0.5, 0.6) is 0 Å². The molecule has 2 aliphatic rings. The number of nitrogens with zero attached hydrogens (tertiary/aromatic N) is 3. The zero-order chi connectivity index (χ0) is 16.9. The molecule has 1 fully saturated rings. The monoisotopic (exact) mass is 346 g/mol. The Kier molecular flexibility index (Phi) is 3.56. The summed E-state index contributed by atoms with van der Waals surface area (Å²) in [7, 11) is -3.59. The number of nitrogens with one attached hydrogen (secondary N) is 1. The fraction of sp³-hybridized carbons (Fsp3) is 0.471. The first-order valence-electron chi connectivity index (χ1n) is 8.40. The van der Waals surface area contributed by atoms with Gasteiger partial charge in [-0.1, -0.05) is 6.07 Å². The summed E-state index contributed by atoms with van der Waals surface area (Å²) in [5.74, 6) is 0. The summed E-state index contributed by atoms with van der Waals surface area (Å²) in [5, 5.41) is 6.83. The van der Waals surface area contributed by atoms with Gasteiger partial charge in [-0.2, -0.15) is 5.10 Å². The van der Waals surface area contributed by atoms with Crippen LogP contribution in [-0.4, -0.2) is 38.2 Å². The maximum atomic E-state index is 13.2. The van der Waals surface area contributed by atoms with Crippen molar-refractivity contribution in [3.05, 3.63) is 35.2 Å². The first-order chi connectivity index (χ1) is 11.5. The lowest BCUT2D eigenvalue weighted by molar-refractivity contribution is 0.591. The Hall–Kier alpha value is -2.02. The normalized spacial score (nSPS) is 17.6. The summed E-state index contributed by atoms with van der Waals surface area (Å²) in [4.78, 5) is 2.64. The molecule has 0 bridgehead atoms. The molecule has 2 aromatic rings. The Morgan fingerprint density at radius 1 is 1.12 bits per heavy atom. The zero-order valence-corrected chi connectivity index (χ0v) is 14.9. The molecule has 0 radical (unpaired) electrons. The molecule has 24 heavy (non-hydrogen) atoms. The highest BCUT2D eigenvalue weighted by Gasteiger charge is 2.34. The van der Waals surface area contributed by atoms with Gasteiger partial charge in [-0.3, -0.25) is 9.40 Å². The van der Waals surface area contributed by atoms with Crippen LogP contribution in [0.3, 0.4) is 0 Å². The van der Waals surface area contributed by atoms with Crippen LogP contribution >= 0.6 is 0 Å². The molecular formula is C17H22N4O2S. The highest BCUT2D eigenvalue weighted by molar-refractivity contribution is 7.93. The van der Waals surface area contributed by atoms with E-state index in [9.17, 15) is 8.42 Å². The molecule has 4 rings (SSSR count). The van der Waals surface area contributed by atoms with Gasteiger partial charge in [-0.05, 0) is 50.8 Å². The van der Waals surface area contributed by atoms with Gasteiger partial charge in [-0.25, -0.2) is 8.42 Å². The lowest BCUT2D eigenvalue weighted by Crippen LogP contribution is -2.30. The standard InChI is InChI=1S/C17H22N4O2S/c1-12-17(13(2)19-18-12)24(22,23)21-10-7-14-5-6-15(11-16(14)21)20-8-3-4-9-20/h5-6,11H,3-4,7-10H2,1-2H3,(H,18,19). The first-order valence-corrected chi connectivity index (χ1v) is 9.84. The van der Waals surface area contributed by atoms with Crippen LogP contribution in [0.1, 0.15) is 29.8 Å². The molecular weight excluding hydrogens is 324 g/mol. The van der Waals surface area contributed by atoms with Crippen LogP contribution in [0, 0.1) is 13.8 Å². The first kappa shape index (κ1) is 15.5. The average molecular weight is 346 g/mol. The molecule has 0 spiro atoms. The van der Waals surface area contributed by atoms with Gasteiger partial charge in [0, 0.05) is 25.3 Å². The molecule has 1 saturated heterocycles. The van der Waals surface area contributed by atoms with E-state index in [1.165, 1.54) is 12.8 Å². The Labute approximate surface area is 142 Å². The van der Waals surface area contributed by atoms with E-state index in [0.717, 1.165) is 36.4 Å². The minimum absolute atomic E-state index is 0.307. The third-order valence-corrected chi connectivity index (χ3v) is 7.08. The van der Waals surface area contributed by atoms with Crippen molar-refractivity contribution in [3.8, 4) is 0 Å². The van der Waals surface area contributed by atoms with Crippen molar-refractivity contribution in [1.29, 1.82) is 0 Å². The Morgan fingerprint density at radius 2 is 1.88 bits per heavy atom. The zero-order valence-electron chi connectivity index (χ0n) is 14.0. The van der Waals surface area contributed by atoms with Crippen molar-refractivity contribution < 1.29 is 8.42 Å². The van der Waals surface area contributed by atoms with E-state index in [4.69, 9.17) is 0 Å². The topological polar surface area (TPSA) is 69.3 Å². The van der Waals surface area contributed by atoms with Gasteiger partial charge in [0.2, 0.25) is 0 Å². The molecule has 1 N–H and O–H groups in total. The Bertz CT molecular complexity index is 862. The lowest BCUT2D eigenvalue weighted by atomic mass is 10.1. The number of hydrogen-bond acceptors (Lipinski definition) is 4. The Balaban J connectivity index is 1.76. The molecule has 0 amide bonds. The summed E-state index contributed by atoms with van der Waals surface area (Å²) in [6.45, 7) is 6.07. The van der Waals surface area contributed by atoms with Crippen molar-refractivity contribution in [3.63, 3.8) is 0 Å². The van der Waals surface area contributed by atoms with Gasteiger partial charge in [0.1, 0.15) is 4.90 Å². The number of hydrogen-bond donors (Lipinski definition) is 1. The molecule has 1 aromatic heterocycles. The third-order valence-electron chi connectivity index (χ3n) is 5.00. The van der Waals surface area contributed by atoms with Gasteiger partial charge in [0.05, 0.1) is 17.1 Å². The van der Waals surface area contributed by atoms with Crippen molar-refractivity contribution >= 4 is 21.4 Å². The number of aryl methyl sites for hydroxylation is 2. The average Bonchev–Trinajstić information content (AvgIpc) is 3.26. The fourth-order valence-corrected chi connectivity index (χ4v) is 5.62.